The van der Waals surface area contributed by atoms with Gasteiger partial charge in [-0.15, -0.1) is 0 Å². The van der Waals surface area contributed by atoms with Gasteiger partial charge in [0.05, 0.1) is 40.0 Å². The Hall–Kier alpha value is -1.07. The Bertz CT molecular complexity index is 963. The van der Waals surface area contributed by atoms with Crippen LogP contribution in [-0.2, 0) is 32.7 Å². The van der Waals surface area contributed by atoms with Crippen molar-refractivity contribution in [3.63, 3.8) is 0 Å². The second-order valence-corrected chi connectivity index (χ2v) is 18.5. The highest BCUT2D eigenvalue weighted by atomic mass is 31.2. The molecule has 11 nitrogen and oxygen atoms in total. The number of unbranched alkanes of at least 4 members (excludes halogenated alkanes) is 23. The number of aliphatic hydroxyl groups excluding tert-OH is 2. The van der Waals surface area contributed by atoms with E-state index in [1.54, 1.807) is 0 Å². The summed E-state index contributed by atoms with van der Waals surface area (Å²) < 4.78 is 33.8. The average molecular weight is 822 g/mol. The number of hydrogen-bond acceptors (Lipinski definition) is 10. The van der Waals surface area contributed by atoms with Gasteiger partial charge in [-0.3, -0.25) is 14.2 Å². The zero-order chi connectivity index (χ0) is 41.8. The van der Waals surface area contributed by atoms with Crippen molar-refractivity contribution in [2.75, 3.05) is 47.5 Å². The fraction of sp³-hybridized carbons (Fsp3) is 0.955. The molecule has 334 valence electrons. The average Bonchev–Trinajstić information content (AvgIpc) is 3.14. The third-order valence-electron chi connectivity index (χ3n) is 10.3. The minimum Gasteiger partial charge on any atom is -0.756 e. The lowest BCUT2D eigenvalue weighted by Gasteiger charge is -2.28. The Morgan fingerprint density at radius 1 is 0.554 bits per heavy atom. The second-order valence-electron chi connectivity index (χ2n) is 17.1. The molecule has 2 N–H and O–H groups in total. The monoisotopic (exact) mass is 822 g/mol. The molecule has 0 bridgehead atoms. The molecule has 56 heavy (non-hydrogen) atoms. The van der Waals surface area contributed by atoms with Gasteiger partial charge in [-0.1, -0.05) is 168 Å². The van der Waals surface area contributed by atoms with E-state index in [0.29, 0.717) is 36.7 Å². The predicted octanol–water partition coefficient (Wildman–Crippen LogP) is 10.1. The predicted molar refractivity (Wildman–Crippen MR) is 225 cm³/mol. The summed E-state index contributed by atoms with van der Waals surface area (Å²) in [6.07, 6.45) is 28.5. The number of quaternary nitrogens is 1. The van der Waals surface area contributed by atoms with Crippen LogP contribution in [0.2, 0.25) is 0 Å². The molecule has 0 fully saturated rings. The van der Waals surface area contributed by atoms with Crippen LogP contribution in [0, 0.1) is 0 Å². The largest absolute Gasteiger partial charge is 0.756 e. The second kappa shape index (κ2) is 37.0. The summed E-state index contributed by atoms with van der Waals surface area (Å²) in [7, 11) is 1.09. The maximum Gasteiger partial charge on any atom is 0.306 e. The molecule has 0 amide bonds. The number of phosphoric acid groups is 1. The van der Waals surface area contributed by atoms with Crippen LogP contribution in [0.15, 0.2) is 0 Å². The standard InChI is InChI=1S/C44H88NO10P/c1-6-8-10-12-14-15-16-17-18-19-20-21-22-26-30-34-43(48)52-38-40(39-54-56(50,51)53-37-36-45(3,4)5)55-44(49)35-31-27-23-25-29-33-42(47)41(46)32-28-24-13-11-9-7-2/h40-42,46-47H,6-39H2,1-5H3/t40-,41?,42?/m1/s1. The highest BCUT2D eigenvalue weighted by Gasteiger charge is 2.22. The van der Waals surface area contributed by atoms with Crippen LogP contribution in [0.4, 0.5) is 0 Å². The smallest absolute Gasteiger partial charge is 0.306 e. The van der Waals surface area contributed by atoms with Gasteiger partial charge >= 0.3 is 11.9 Å². The van der Waals surface area contributed by atoms with Crippen LogP contribution in [0.3, 0.4) is 0 Å². The molecule has 4 atom stereocenters. The molecule has 0 spiro atoms. The fourth-order valence-electron chi connectivity index (χ4n) is 6.57. The van der Waals surface area contributed by atoms with Gasteiger partial charge in [0.2, 0.25) is 0 Å². The van der Waals surface area contributed by atoms with Crippen molar-refractivity contribution in [1.82, 2.24) is 0 Å². The first-order valence-electron chi connectivity index (χ1n) is 22.9. The van der Waals surface area contributed by atoms with Crippen LogP contribution in [-0.4, -0.2) is 92.5 Å². The number of phosphoric ester groups is 1. The molecule has 3 unspecified atom stereocenters. The van der Waals surface area contributed by atoms with Crippen molar-refractivity contribution in [3.8, 4) is 0 Å². The van der Waals surface area contributed by atoms with Gasteiger partial charge in [0.1, 0.15) is 19.8 Å². The number of carbonyl (C=O) groups is 2. The summed E-state index contributed by atoms with van der Waals surface area (Å²) in [6.45, 7) is 4.04. The van der Waals surface area contributed by atoms with Gasteiger partial charge in [0, 0.05) is 12.8 Å². The molecule has 0 saturated carbocycles. The lowest BCUT2D eigenvalue weighted by Crippen LogP contribution is -2.37. The maximum absolute atomic E-state index is 12.7. The SMILES string of the molecule is CCCCCCCCCCCCCCCCCC(=O)OC[C@H](COP(=O)([O-])OCC[N+](C)(C)C)OC(=O)CCCCCCCC(O)C(O)CCCCCCCC. The molecule has 0 rings (SSSR count). The highest BCUT2D eigenvalue weighted by molar-refractivity contribution is 7.45. The first-order valence-corrected chi connectivity index (χ1v) is 24.4. The molecule has 0 aromatic carbocycles. The fourth-order valence-corrected chi connectivity index (χ4v) is 7.30. The van der Waals surface area contributed by atoms with E-state index in [9.17, 15) is 29.3 Å². The van der Waals surface area contributed by atoms with E-state index in [1.807, 2.05) is 21.1 Å². The van der Waals surface area contributed by atoms with Crippen LogP contribution in [0.25, 0.3) is 0 Å². The van der Waals surface area contributed by atoms with E-state index in [0.717, 1.165) is 51.4 Å². The minimum atomic E-state index is -4.66. The van der Waals surface area contributed by atoms with Crippen molar-refractivity contribution >= 4 is 19.8 Å². The van der Waals surface area contributed by atoms with Crippen molar-refractivity contribution < 1.29 is 52.3 Å². The number of aliphatic hydroxyl groups is 2. The van der Waals surface area contributed by atoms with Gasteiger partial charge in [-0.05, 0) is 25.7 Å². The summed E-state index contributed by atoms with van der Waals surface area (Å²) in [6, 6.07) is 0. The van der Waals surface area contributed by atoms with E-state index in [2.05, 4.69) is 13.8 Å². The molecule has 0 aromatic heterocycles. The van der Waals surface area contributed by atoms with Crippen LogP contribution in [0.1, 0.15) is 206 Å². The van der Waals surface area contributed by atoms with E-state index >= 15 is 0 Å². The number of hydrogen-bond donors (Lipinski definition) is 2. The Morgan fingerprint density at radius 3 is 1.34 bits per heavy atom. The molecule has 0 heterocycles. The Morgan fingerprint density at radius 2 is 0.929 bits per heavy atom. The van der Waals surface area contributed by atoms with Crippen LogP contribution < -0.4 is 4.89 Å². The topological polar surface area (TPSA) is 152 Å². The molecule has 0 aliphatic rings. The highest BCUT2D eigenvalue weighted by Crippen LogP contribution is 2.38. The summed E-state index contributed by atoms with van der Waals surface area (Å²) in [5.41, 5.74) is 0. The molecular weight excluding hydrogens is 733 g/mol. The zero-order valence-corrected chi connectivity index (χ0v) is 37.7. The van der Waals surface area contributed by atoms with Crippen molar-refractivity contribution in [3.05, 3.63) is 0 Å². The van der Waals surface area contributed by atoms with Crippen molar-refractivity contribution in [1.29, 1.82) is 0 Å². The minimum absolute atomic E-state index is 0.0539. The first kappa shape index (κ1) is 54.9. The lowest BCUT2D eigenvalue weighted by molar-refractivity contribution is -0.870. The van der Waals surface area contributed by atoms with Gasteiger partial charge < -0.3 is 38.1 Å². The van der Waals surface area contributed by atoms with Gasteiger partial charge in [-0.2, -0.15) is 0 Å². The number of likely N-dealkylation sites (N-methyl/N-ethyl adjacent to an activating group) is 1. The Kier molecular flexibility index (Phi) is 36.3. The molecule has 0 saturated heterocycles. The lowest BCUT2D eigenvalue weighted by atomic mass is 9.99. The van der Waals surface area contributed by atoms with E-state index in [4.69, 9.17) is 18.5 Å². The number of ether oxygens (including phenoxy) is 2. The van der Waals surface area contributed by atoms with E-state index in [1.165, 1.54) is 103 Å². The molecule has 0 aliphatic carbocycles. The molecule has 12 heteroatoms. The quantitative estimate of drug-likeness (QED) is 0.0263. The first-order chi connectivity index (χ1) is 26.8. The van der Waals surface area contributed by atoms with Gasteiger partial charge in [0.15, 0.2) is 6.10 Å². The number of rotatable bonds is 42. The number of esters is 2. The molecule has 0 radical (unpaired) electrons. The van der Waals surface area contributed by atoms with Crippen molar-refractivity contribution in [2.24, 2.45) is 0 Å². The van der Waals surface area contributed by atoms with Crippen LogP contribution >= 0.6 is 7.82 Å². The van der Waals surface area contributed by atoms with Crippen LogP contribution in [0.5, 0.6) is 0 Å². The van der Waals surface area contributed by atoms with Gasteiger partial charge in [-0.25, -0.2) is 0 Å². The third kappa shape index (κ3) is 38.4. The molecule has 0 aliphatic heterocycles. The summed E-state index contributed by atoms with van der Waals surface area (Å²) >= 11 is 0. The Labute approximate surface area is 343 Å². The maximum atomic E-state index is 12.7. The third-order valence-corrected chi connectivity index (χ3v) is 11.3. The number of nitrogens with zero attached hydrogens (tertiary/aromatic N) is 1. The summed E-state index contributed by atoms with van der Waals surface area (Å²) in [4.78, 5) is 37.6. The Balaban J connectivity index is 4.42. The van der Waals surface area contributed by atoms with E-state index < -0.39 is 44.7 Å². The molecule has 0 aromatic rings. The zero-order valence-electron chi connectivity index (χ0n) is 36.8. The summed E-state index contributed by atoms with van der Waals surface area (Å²) in [5, 5.41) is 20.6. The normalized spacial score (nSPS) is 14.6. The van der Waals surface area contributed by atoms with Crippen molar-refractivity contribution in [2.45, 2.75) is 225 Å². The molecular formula is C44H88NO10P. The number of carbonyl (C=O) groups excluding carboxylic acids is 2. The van der Waals surface area contributed by atoms with Gasteiger partial charge in [0.25, 0.3) is 7.82 Å². The van der Waals surface area contributed by atoms with E-state index in [-0.39, 0.29) is 26.1 Å². The summed E-state index contributed by atoms with van der Waals surface area (Å²) in [5.74, 6) is -0.928.